The summed E-state index contributed by atoms with van der Waals surface area (Å²) in [6, 6.07) is 8.97. The molecule has 96 valence electrons. The molecule has 0 atom stereocenters. The summed E-state index contributed by atoms with van der Waals surface area (Å²) in [6.45, 7) is 3.24. The molecular formula is C16H15NO2. The third-order valence-electron chi connectivity index (χ3n) is 2.72. The molecule has 0 spiro atoms. The van der Waals surface area contributed by atoms with Gasteiger partial charge in [0.25, 0.3) is 0 Å². The molecule has 0 unspecified atom stereocenters. The van der Waals surface area contributed by atoms with Gasteiger partial charge in [-0.25, -0.2) is 0 Å². The van der Waals surface area contributed by atoms with E-state index in [-0.39, 0.29) is 11.4 Å². The summed E-state index contributed by atoms with van der Waals surface area (Å²) in [5.74, 6) is 2.76. The van der Waals surface area contributed by atoms with E-state index in [1.54, 1.807) is 45.2 Å². The molecule has 0 amide bonds. The number of ketones is 1. The monoisotopic (exact) mass is 253 g/mol. The van der Waals surface area contributed by atoms with Gasteiger partial charge in [-0.15, -0.1) is 6.42 Å². The molecule has 1 aromatic rings. The Labute approximate surface area is 113 Å². The van der Waals surface area contributed by atoms with Gasteiger partial charge in [0, 0.05) is 0 Å². The molecular weight excluding hydrogens is 238 g/mol. The summed E-state index contributed by atoms with van der Waals surface area (Å²) in [7, 11) is 1.57. The van der Waals surface area contributed by atoms with Crippen molar-refractivity contribution in [2.45, 2.75) is 13.8 Å². The molecule has 0 N–H and O–H groups in total. The average Bonchev–Trinajstić information content (AvgIpc) is 2.44. The van der Waals surface area contributed by atoms with Gasteiger partial charge in [-0.3, -0.25) is 4.79 Å². The van der Waals surface area contributed by atoms with E-state index in [9.17, 15) is 4.79 Å². The fraction of sp³-hybridized carbons (Fsp3) is 0.250. The highest BCUT2D eigenvalue weighted by Crippen LogP contribution is 2.22. The first-order chi connectivity index (χ1) is 8.94. The predicted octanol–water partition coefficient (Wildman–Crippen LogP) is 2.83. The largest absolute Gasteiger partial charge is 0.497 e. The number of nitriles is 1. The highest BCUT2D eigenvalue weighted by Gasteiger charge is 2.27. The number of hydrogen-bond donors (Lipinski definition) is 0. The fourth-order valence-electron chi connectivity index (χ4n) is 1.42. The van der Waals surface area contributed by atoms with Crippen molar-refractivity contribution in [2.24, 2.45) is 5.41 Å². The molecule has 0 saturated carbocycles. The Bertz CT molecular complexity index is 581. The van der Waals surface area contributed by atoms with E-state index in [2.05, 4.69) is 5.92 Å². The zero-order valence-corrected chi connectivity index (χ0v) is 11.2. The van der Waals surface area contributed by atoms with Crippen LogP contribution in [0.2, 0.25) is 0 Å². The lowest BCUT2D eigenvalue weighted by Crippen LogP contribution is -2.23. The van der Waals surface area contributed by atoms with E-state index >= 15 is 0 Å². The van der Waals surface area contributed by atoms with Crippen molar-refractivity contribution in [3.63, 3.8) is 0 Å². The molecule has 1 rings (SSSR count). The Morgan fingerprint density at radius 1 is 1.37 bits per heavy atom. The van der Waals surface area contributed by atoms with Crippen molar-refractivity contribution in [3.05, 3.63) is 35.4 Å². The number of carbonyl (C=O) groups excluding carboxylic acids is 1. The molecule has 0 bridgehead atoms. The zero-order chi connectivity index (χ0) is 14.5. The zero-order valence-electron chi connectivity index (χ0n) is 11.2. The van der Waals surface area contributed by atoms with Gasteiger partial charge in [-0.2, -0.15) is 5.26 Å². The quantitative estimate of drug-likeness (QED) is 0.471. The highest BCUT2D eigenvalue weighted by atomic mass is 16.5. The first kappa shape index (κ1) is 14.5. The number of allylic oxidation sites excluding steroid dienone is 1. The summed E-state index contributed by atoms with van der Waals surface area (Å²) in [5.41, 5.74) is -0.180. The van der Waals surface area contributed by atoms with Crippen LogP contribution in [-0.4, -0.2) is 12.9 Å². The number of benzene rings is 1. The molecule has 0 saturated heterocycles. The Morgan fingerprint density at radius 2 is 1.95 bits per heavy atom. The number of carbonyl (C=O) groups is 1. The second-order valence-electron chi connectivity index (χ2n) is 4.54. The molecule has 3 nitrogen and oxygen atoms in total. The number of methoxy groups -OCH3 is 1. The first-order valence-electron chi connectivity index (χ1n) is 5.73. The number of hydrogen-bond acceptors (Lipinski definition) is 3. The van der Waals surface area contributed by atoms with Crippen LogP contribution in [0.5, 0.6) is 5.75 Å². The molecule has 0 aliphatic heterocycles. The molecule has 0 aliphatic rings. The summed E-state index contributed by atoms with van der Waals surface area (Å²) >= 11 is 0. The lowest BCUT2D eigenvalue weighted by Gasteiger charge is -2.14. The van der Waals surface area contributed by atoms with Gasteiger partial charge in [0.15, 0.2) is 5.78 Å². The van der Waals surface area contributed by atoms with Gasteiger partial charge in [-0.1, -0.05) is 18.1 Å². The summed E-state index contributed by atoms with van der Waals surface area (Å²) < 4.78 is 5.04. The van der Waals surface area contributed by atoms with Crippen molar-refractivity contribution in [3.8, 4) is 24.2 Å². The van der Waals surface area contributed by atoms with Crippen LogP contribution in [0.15, 0.2) is 29.8 Å². The topological polar surface area (TPSA) is 50.1 Å². The van der Waals surface area contributed by atoms with E-state index in [4.69, 9.17) is 16.4 Å². The van der Waals surface area contributed by atoms with E-state index < -0.39 is 5.41 Å². The van der Waals surface area contributed by atoms with E-state index in [0.29, 0.717) is 5.75 Å². The van der Waals surface area contributed by atoms with Gasteiger partial charge in [0.1, 0.15) is 11.8 Å². The van der Waals surface area contributed by atoms with Crippen LogP contribution in [0.1, 0.15) is 19.4 Å². The predicted molar refractivity (Wildman–Crippen MR) is 74.2 cm³/mol. The van der Waals surface area contributed by atoms with E-state index in [1.807, 2.05) is 6.07 Å². The van der Waals surface area contributed by atoms with Gasteiger partial charge in [-0.05, 0) is 37.6 Å². The molecule has 19 heavy (non-hydrogen) atoms. The Hall–Kier alpha value is -2.52. The number of Topliss-reactive ketones (excluding diaryl/α,β-unsaturated/α-hetero) is 1. The third-order valence-corrected chi connectivity index (χ3v) is 2.72. The van der Waals surface area contributed by atoms with Crippen LogP contribution in [-0.2, 0) is 4.79 Å². The molecule has 1 aromatic carbocycles. The van der Waals surface area contributed by atoms with Gasteiger partial charge in [0.2, 0.25) is 0 Å². The van der Waals surface area contributed by atoms with Crippen LogP contribution in [0, 0.1) is 29.1 Å². The summed E-state index contributed by atoms with van der Waals surface area (Å²) in [4.78, 5) is 12.1. The summed E-state index contributed by atoms with van der Waals surface area (Å²) in [6.07, 6.45) is 6.84. The van der Waals surface area contributed by atoms with Crippen LogP contribution in [0.25, 0.3) is 6.08 Å². The molecule has 0 fully saturated rings. The minimum Gasteiger partial charge on any atom is -0.497 e. The first-order valence-corrected chi connectivity index (χ1v) is 5.73. The second-order valence-corrected chi connectivity index (χ2v) is 4.54. The number of rotatable bonds is 4. The van der Waals surface area contributed by atoms with Crippen molar-refractivity contribution >= 4 is 11.9 Å². The second kappa shape index (κ2) is 5.89. The van der Waals surface area contributed by atoms with Crippen LogP contribution >= 0.6 is 0 Å². The fourth-order valence-corrected chi connectivity index (χ4v) is 1.42. The van der Waals surface area contributed by atoms with Crippen LogP contribution < -0.4 is 4.74 Å². The van der Waals surface area contributed by atoms with E-state index in [1.165, 1.54) is 6.08 Å². The van der Waals surface area contributed by atoms with Crippen molar-refractivity contribution in [1.82, 2.24) is 0 Å². The minimum atomic E-state index is -0.978. The maximum atomic E-state index is 12.1. The number of ether oxygens (including phenoxy) is 1. The molecule has 0 radical (unpaired) electrons. The van der Waals surface area contributed by atoms with Crippen molar-refractivity contribution in [2.75, 3.05) is 7.11 Å². The standard InChI is InChI=1S/C16H15NO2/c1-5-16(2,3)15(18)13(11-17)10-12-6-8-14(19-4)9-7-12/h1,6-10H,2-4H3/b13-10+. The van der Waals surface area contributed by atoms with E-state index in [0.717, 1.165) is 5.56 Å². The molecule has 0 aliphatic carbocycles. The molecule has 3 heteroatoms. The number of nitrogens with zero attached hydrogens (tertiary/aromatic N) is 1. The smallest absolute Gasteiger partial charge is 0.190 e. The van der Waals surface area contributed by atoms with Gasteiger partial charge < -0.3 is 4.74 Å². The lowest BCUT2D eigenvalue weighted by molar-refractivity contribution is -0.120. The molecule has 0 heterocycles. The van der Waals surface area contributed by atoms with Gasteiger partial charge >= 0.3 is 0 Å². The van der Waals surface area contributed by atoms with Crippen molar-refractivity contribution in [1.29, 1.82) is 5.26 Å². The normalized spacial score (nSPS) is 11.3. The highest BCUT2D eigenvalue weighted by molar-refractivity contribution is 6.07. The van der Waals surface area contributed by atoms with Crippen LogP contribution in [0.3, 0.4) is 0 Å². The SMILES string of the molecule is C#CC(C)(C)C(=O)/C(C#N)=C/c1ccc(OC)cc1. The lowest BCUT2D eigenvalue weighted by atomic mass is 9.85. The Kier molecular flexibility index (Phi) is 4.51. The minimum absolute atomic E-state index is 0.0492. The number of terminal acetylenes is 1. The van der Waals surface area contributed by atoms with Gasteiger partial charge in [0.05, 0.1) is 18.1 Å². The Morgan fingerprint density at radius 3 is 2.37 bits per heavy atom. The molecule has 0 aromatic heterocycles. The maximum Gasteiger partial charge on any atom is 0.190 e. The maximum absolute atomic E-state index is 12.1. The third kappa shape index (κ3) is 3.47. The average molecular weight is 253 g/mol. The van der Waals surface area contributed by atoms with Crippen LogP contribution in [0.4, 0.5) is 0 Å². The Balaban J connectivity index is 3.10. The van der Waals surface area contributed by atoms with Crippen molar-refractivity contribution < 1.29 is 9.53 Å². The summed E-state index contributed by atoms with van der Waals surface area (Å²) in [5, 5.41) is 9.08.